The lowest BCUT2D eigenvalue weighted by atomic mass is 9.44. The topological polar surface area (TPSA) is 75.6 Å². The molecule has 30 heavy (non-hydrogen) atoms. The van der Waals surface area contributed by atoms with Crippen molar-refractivity contribution in [1.29, 1.82) is 0 Å². The van der Waals surface area contributed by atoms with Gasteiger partial charge in [0.1, 0.15) is 11.4 Å². The van der Waals surface area contributed by atoms with Crippen LogP contribution in [0.2, 0.25) is 5.02 Å². The number of hydrogen-bond acceptors (Lipinski definition) is 4. The maximum absolute atomic E-state index is 13.1. The number of ketones is 1. The van der Waals surface area contributed by atoms with E-state index in [0.717, 1.165) is 24.8 Å². The third-order valence-electron chi connectivity index (χ3n) is 8.73. The molecule has 4 aliphatic rings. The van der Waals surface area contributed by atoms with E-state index in [0.29, 0.717) is 34.2 Å². The molecule has 0 bridgehead atoms. The van der Waals surface area contributed by atoms with Crippen molar-refractivity contribution >= 4 is 39.2 Å². The van der Waals surface area contributed by atoms with Crippen LogP contribution in [-0.4, -0.2) is 27.2 Å². The van der Waals surface area contributed by atoms with Crippen molar-refractivity contribution in [3.8, 4) is 5.75 Å². The summed E-state index contributed by atoms with van der Waals surface area (Å²) in [6.45, 7) is 8.63. The number of aliphatic hydroxyl groups excluding tert-OH is 1. The Morgan fingerprint density at radius 3 is 2.67 bits per heavy atom. The molecule has 7 heteroatoms. The van der Waals surface area contributed by atoms with Crippen molar-refractivity contribution in [2.24, 2.45) is 22.7 Å². The van der Waals surface area contributed by atoms with Crippen LogP contribution in [0.5, 0.6) is 5.75 Å². The number of nitrogens with one attached hydrogen (secondary N) is 1. The SMILES string of the molecule is C[C@H]1CC[C@H]2C(C)(C)C(=O)C(Br)C[C@]23Oc2c(cc(Cl)c4c2C(O)NC4=O)C[C@]13C. The Morgan fingerprint density at radius 1 is 1.27 bits per heavy atom. The fraction of sp³-hybridized carbons (Fsp3) is 0.652. The molecule has 2 aliphatic carbocycles. The molecule has 2 N–H and O–H groups in total. The highest BCUT2D eigenvalue weighted by molar-refractivity contribution is 9.10. The third kappa shape index (κ3) is 2.33. The number of rotatable bonds is 0. The van der Waals surface area contributed by atoms with Gasteiger partial charge in [-0.1, -0.05) is 55.2 Å². The Morgan fingerprint density at radius 2 is 1.97 bits per heavy atom. The fourth-order valence-corrected chi connectivity index (χ4v) is 8.28. The molecule has 0 saturated heterocycles. The van der Waals surface area contributed by atoms with E-state index in [2.05, 4.69) is 35.1 Å². The minimum absolute atomic E-state index is 0.0502. The molecular formula is C23H27BrClNO4. The molecule has 1 aromatic rings. The van der Waals surface area contributed by atoms with Gasteiger partial charge in [0, 0.05) is 23.2 Å². The summed E-state index contributed by atoms with van der Waals surface area (Å²) in [5, 5.41) is 13.5. The van der Waals surface area contributed by atoms with Crippen molar-refractivity contribution in [3.05, 3.63) is 27.8 Å². The zero-order valence-electron chi connectivity index (χ0n) is 17.6. The molecule has 162 valence electrons. The number of carbonyl (C=O) groups excluding carboxylic acids is 2. The monoisotopic (exact) mass is 495 g/mol. The van der Waals surface area contributed by atoms with Crippen molar-refractivity contribution in [3.63, 3.8) is 0 Å². The first-order valence-corrected chi connectivity index (χ1v) is 11.9. The summed E-state index contributed by atoms with van der Waals surface area (Å²) in [5.41, 5.74) is 0.354. The highest BCUT2D eigenvalue weighted by Crippen LogP contribution is 2.66. The van der Waals surface area contributed by atoms with E-state index in [-0.39, 0.29) is 27.9 Å². The van der Waals surface area contributed by atoms with E-state index in [1.807, 2.05) is 19.9 Å². The average molecular weight is 497 g/mol. The van der Waals surface area contributed by atoms with Gasteiger partial charge in [-0.3, -0.25) is 9.59 Å². The molecule has 2 heterocycles. The first kappa shape index (κ1) is 20.8. The van der Waals surface area contributed by atoms with Crippen LogP contribution < -0.4 is 10.1 Å². The van der Waals surface area contributed by atoms with Crippen LogP contribution in [0.15, 0.2) is 6.07 Å². The molecule has 0 radical (unpaired) electrons. The molecule has 2 fully saturated rings. The van der Waals surface area contributed by atoms with Gasteiger partial charge in [-0.2, -0.15) is 0 Å². The van der Waals surface area contributed by atoms with E-state index < -0.39 is 17.2 Å². The molecule has 0 aromatic heterocycles. The van der Waals surface area contributed by atoms with Crippen LogP contribution in [-0.2, 0) is 11.2 Å². The molecular weight excluding hydrogens is 470 g/mol. The highest BCUT2D eigenvalue weighted by atomic mass is 79.9. The lowest BCUT2D eigenvalue weighted by Gasteiger charge is -2.66. The van der Waals surface area contributed by atoms with Crippen LogP contribution in [0, 0.1) is 22.7 Å². The van der Waals surface area contributed by atoms with E-state index in [1.54, 1.807) is 0 Å². The molecule has 5 nitrogen and oxygen atoms in total. The van der Waals surface area contributed by atoms with Gasteiger partial charge >= 0.3 is 0 Å². The first-order chi connectivity index (χ1) is 13.9. The number of hydrogen-bond donors (Lipinski definition) is 2. The van der Waals surface area contributed by atoms with Gasteiger partial charge in [0.15, 0.2) is 12.0 Å². The largest absolute Gasteiger partial charge is 0.486 e. The van der Waals surface area contributed by atoms with E-state index in [4.69, 9.17) is 16.3 Å². The summed E-state index contributed by atoms with van der Waals surface area (Å²) < 4.78 is 6.98. The summed E-state index contributed by atoms with van der Waals surface area (Å²) >= 11 is 10.1. The second kappa shape index (κ2) is 6.23. The fourth-order valence-electron chi connectivity index (χ4n) is 6.89. The minimum Gasteiger partial charge on any atom is -0.486 e. The van der Waals surface area contributed by atoms with E-state index in [9.17, 15) is 14.7 Å². The van der Waals surface area contributed by atoms with Crippen molar-refractivity contribution < 1.29 is 19.4 Å². The Bertz CT molecular complexity index is 994. The number of alkyl halides is 1. The maximum Gasteiger partial charge on any atom is 0.255 e. The van der Waals surface area contributed by atoms with E-state index in [1.165, 1.54) is 0 Å². The molecule has 1 amide bonds. The molecule has 2 unspecified atom stereocenters. The summed E-state index contributed by atoms with van der Waals surface area (Å²) in [6.07, 6.45) is 2.12. The van der Waals surface area contributed by atoms with E-state index >= 15 is 0 Å². The third-order valence-corrected chi connectivity index (χ3v) is 9.77. The summed E-state index contributed by atoms with van der Waals surface area (Å²) in [5.74, 6) is 0.853. The van der Waals surface area contributed by atoms with Crippen LogP contribution in [0.4, 0.5) is 0 Å². The highest BCUT2D eigenvalue weighted by Gasteiger charge is 2.69. The zero-order valence-corrected chi connectivity index (χ0v) is 20.0. The van der Waals surface area contributed by atoms with Gasteiger partial charge in [0.05, 0.1) is 21.0 Å². The van der Waals surface area contributed by atoms with Gasteiger partial charge in [-0.15, -0.1) is 0 Å². The van der Waals surface area contributed by atoms with Crippen LogP contribution in [0.25, 0.3) is 0 Å². The standard InChI is InChI=1S/C23H27BrClNO4/c1-10-5-6-14-21(2,3)18(27)12(24)9-23(14)22(10,4)8-11-7-13(25)15-16(17(11)30-23)20(29)26-19(15)28/h7,10,12,14,20,29H,5-6,8-9H2,1-4H3,(H,26,28)/t10-,12?,14-,20?,22+,23-/m0/s1. The Kier molecular flexibility index (Phi) is 4.31. The molecule has 1 aromatic carbocycles. The molecule has 6 atom stereocenters. The predicted octanol–water partition coefficient (Wildman–Crippen LogP) is 4.56. The Balaban J connectivity index is 1.76. The number of Topliss-reactive ketones (excluding diaryl/α,β-unsaturated/α-hetero) is 1. The van der Waals surface area contributed by atoms with Crippen LogP contribution in [0.1, 0.15) is 74.7 Å². The quantitative estimate of drug-likeness (QED) is 0.516. The predicted molar refractivity (Wildman–Crippen MR) is 117 cm³/mol. The molecule has 5 rings (SSSR count). The number of halogens is 2. The lowest BCUT2D eigenvalue weighted by Crippen LogP contribution is -2.71. The normalized spacial score (nSPS) is 41.2. The zero-order chi connectivity index (χ0) is 21.8. The van der Waals surface area contributed by atoms with Crippen LogP contribution >= 0.6 is 27.5 Å². The Hall–Kier alpha value is -1.11. The average Bonchev–Trinajstić information content (AvgIpc) is 2.95. The molecule has 1 spiro atoms. The first-order valence-electron chi connectivity index (χ1n) is 10.7. The van der Waals surface area contributed by atoms with Gasteiger partial charge in [-0.25, -0.2) is 0 Å². The summed E-state index contributed by atoms with van der Waals surface area (Å²) in [7, 11) is 0. The second-order valence-electron chi connectivity index (χ2n) is 10.4. The smallest absolute Gasteiger partial charge is 0.255 e. The summed E-state index contributed by atoms with van der Waals surface area (Å²) in [4.78, 5) is 25.2. The second-order valence-corrected chi connectivity index (χ2v) is 11.9. The lowest BCUT2D eigenvalue weighted by molar-refractivity contribution is -0.207. The number of carbonyl (C=O) groups is 2. The van der Waals surface area contributed by atoms with Crippen molar-refractivity contribution in [1.82, 2.24) is 5.32 Å². The number of ether oxygens (including phenoxy) is 1. The number of aliphatic hydroxyl groups is 1. The van der Waals surface area contributed by atoms with Crippen LogP contribution in [0.3, 0.4) is 0 Å². The van der Waals surface area contributed by atoms with Gasteiger partial charge in [0.25, 0.3) is 5.91 Å². The molecule has 2 saturated carbocycles. The van der Waals surface area contributed by atoms with Gasteiger partial charge in [-0.05, 0) is 36.8 Å². The number of fused-ring (bicyclic) bond motifs is 3. The number of benzene rings is 1. The van der Waals surface area contributed by atoms with Gasteiger partial charge in [0.2, 0.25) is 0 Å². The molecule has 2 aliphatic heterocycles. The summed E-state index contributed by atoms with van der Waals surface area (Å²) in [6, 6.07) is 1.83. The minimum atomic E-state index is -1.14. The maximum atomic E-state index is 13.1. The van der Waals surface area contributed by atoms with Gasteiger partial charge < -0.3 is 15.2 Å². The Labute approximate surface area is 190 Å². The number of amides is 1. The van der Waals surface area contributed by atoms with Crippen molar-refractivity contribution in [2.75, 3.05) is 0 Å². The van der Waals surface area contributed by atoms with Crippen molar-refractivity contribution in [2.45, 2.75) is 70.0 Å².